The first kappa shape index (κ1) is 23.4. The molecule has 0 spiro atoms. The topological polar surface area (TPSA) is 102 Å². The first-order chi connectivity index (χ1) is 14.8. The molecule has 2 N–H and O–H groups in total. The van der Waals surface area contributed by atoms with Crippen LogP contribution in [0.25, 0.3) is 0 Å². The van der Waals surface area contributed by atoms with Gasteiger partial charge in [-0.15, -0.1) is 11.8 Å². The highest BCUT2D eigenvalue weighted by molar-refractivity contribution is 7.99. The Morgan fingerprint density at radius 2 is 2.06 bits per heavy atom. The zero-order valence-electron chi connectivity index (χ0n) is 17.4. The number of sulfone groups is 1. The van der Waals surface area contributed by atoms with E-state index < -0.39 is 15.8 Å². The Morgan fingerprint density at radius 3 is 2.84 bits per heavy atom. The Kier molecular flexibility index (Phi) is 8.22. The minimum Gasteiger partial charge on any atom is -0.493 e. The molecule has 0 amide bonds. The normalized spacial score (nSPS) is 12.9. The molecule has 1 aliphatic rings. The molecule has 0 aliphatic carbocycles. The van der Waals surface area contributed by atoms with Crippen LogP contribution in [0.15, 0.2) is 46.2 Å². The number of thioether (sulfide) groups is 1. The lowest BCUT2D eigenvalue weighted by Gasteiger charge is -2.10. The summed E-state index contributed by atoms with van der Waals surface area (Å²) in [6.45, 7) is 3.54. The van der Waals surface area contributed by atoms with Gasteiger partial charge in [0.05, 0.1) is 17.3 Å². The number of hydrogen-bond donors (Lipinski definition) is 2. The molecule has 0 aromatic heterocycles. The van der Waals surface area contributed by atoms with Crippen molar-refractivity contribution < 1.29 is 27.8 Å². The van der Waals surface area contributed by atoms with Crippen molar-refractivity contribution in [3.8, 4) is 11.5 Å². The summed E-state index contributed by atoms with van der Waals surface area (Å²) in [7, 11) is -3.29. The zero-order valence-corrected chi connectivity index (χ0v) is 19.1. The van der Waals surface area contributed by atoms with Crippen LogP contribution in [-0.2, 0) is 21.1 Å². The van der Waals surface area contributed by atoms with Crippen molar-refractivity contribution in [2.24, 2.45) is 0 Å². The van der Waals surface area contributed by atoms with E-state index in [9.17, 15) is 13.2 Å². The molecule has 31 heavy (non-hydrogen) atoms. The van der Waals surface area contributed by atoms with Gasteiger partial charge in [-0.2, -0.15) is 0 Å². The quantitative estimate of drug-likeness (QED) is 0.364. The summed E-state index contributed by atoms with van der Waals surface area (Å²) in [5.41, 5.74) is 1.86. The van der Waals surface area contributed by atoms with Crippen LogP contribution >= 0.6 is 11.8 Å². The standard InChI is InChI=1S/C22H27NO6S2/c1-16-13-18(3-5-20(16)29-15-22(24)25)30-11-9-23-8-2-12-31(26,27)19-4-6-21-17(14-19)7-10-28-21/h3-6,13-14,23H,2,7-12,15H2,1H3,(H,24,25). The van der Waals surface area contributed by atoms with E-state index in [0.717, 1.165) is 40.5 Å². The van der Waals surface area contributed by atoms with E-state index in [4.69, 9.17) is 14.6 Å². The van der Waals surface area contributed by atoms with Gasteiger partial charge in [0.15, 0.2) is 16.4 Å². The van der Waals surface area contributed by atoms with Crippen LogP contribution in [0.4, 0.5) is 0 Å². The first-order valence-corrected chi connectivity index (χ1v) is 12.8. The van der Waals surface area contributed by atoms with E-state index in [1.807, 2.05) is 19.1 Å². The van der Waals surface area contributed by atoms with Gasteiger partial charge in [-0.05, 0) is 67.4 Å². The van der Waals surface area contributed by atoms with Crippen LogP contribution in [0.1, 0.15) is 17.5 Å². The SMILES string of the molecule is Cc1cc(SCCNCCCS(=O)(=O)c2ccc3c(c2)CCO3)ccc1OCC(=O)O. The number of benzene rings is 2. The Bertz CT molecular complexity index is 1020. The largest absolute Gasteiger partial charge is 0.493 e. The minimum absolute atomic E-state index is 0.115. The van der Waals surface area contributed by atoms with Gasteiger partial charge in [-0.1, -0.05) is 0 Å². The fraction of sp³-hybridized carbons (Fsp3) is 0.409. The summed E-state index contributed by atoms with van der Waals surface area (Å²) in [6, 6.07) is 10.8. The molecule has 0 saturated heterocycles. The molecule has 0 fully saturated rings. The molecule has 1 heterocycles. The van der Waals surface area contributed by atoms with E-state index >= 15 is 0 Å². The minimum atomic E-state index is -3.29. The van der Waals surface area contributed by atoms with Gasteiger partial charge < -0.3 is 19.9 Å². The molecular formula is C22H27NO6S2. The molecule has 0 atom stereocenters. The summed E-state index contributed by atoms with van der Waals surface area (Å²) in [5.74, 6) is 1.31. The van der Waals surface area contributed by atoms with Crippen molar-refractivity contribution in [3.63, 3.8) is 0 Å². The van der Waals surface area contributed by atoms with E-state index in [-0.39, 0.29) is 12.4 Å². The van der Waals surface area contributed by atoms with Gasteiger partial charge in [-0.25, -0.2) is 13.2 Å². The molecule has 7 nitrogen and oxygen atoms in total. The highest BCUT2D eigenvalue weighted by Gasteiger charge is 2.19. The Morgan fingerprint density at radius 1 is 1.23 bits per heavy atom. The second-order valence-electron chi connectivity index (χ2n) is 7.25. The molecule has 0 saturated carbocycles. The van der Waals surface area contributed by atoms with Crippen molar-refractivity contribution in [2.75, 3.05) is 37.8 Å². The second-order valence-corrected chi connectivity index (χ2v) is 10.5. The first-order valence-electron chi connectivity index (χ1n) is 10.1. The van der Waals surface area contributed by atoms with Crippen LogP contribution < -0.4 is 14.8 Å². The third-order valence-corrected chi connectivity index (χ3v) is 7.63. The predicted molar refractivity (Wildman–Crippen MR) is 120 cm³/mol. The third-order valence-electron chi connectivity index (χ3n) is 4.83. The van der Waals surface area contributed by atoms with Gasteiger partial charge in [0.2, 0.25) is 0 Å². The Balaban J connectivity index is 1.34. The number of nitrogens with one attached hydrogen (secondary N) is 1. The number of aliphatic carboxylic acids is 1. The van der Waals surface area contributed by atoms with Crippen molar-refractivity contribution in [1.82, 2.24) is 5.32 Å². The lowest BCUT2D eigenvalue weighted by molar-refractivity contribution is -0.139. The van der Waals surface area contributed by atoms with Crippen molar-refractivity contribution in [3.05, 3.63) is 47.5 Å². The van der Waals surface area contributed by atoms with Crippen molar-refractivity contribution in [2.45, 2.75) is 29.6 Å². The summed E-state index contributed by atoms with van der Waals surface area (Å²) in [6.07, 6.45) is 1.31. The van der Waals surface area contributed by atoms with Crippen LogP contribution in [-0.4, -0.2) is 57.3 Å². The molecule has 2 aromatic carbocycles. The van der Waals surface area contributed by atoms with E-state index in [0.29, 0.717) is 30.2 Å². The van der Waals surface area contributed by atoms with E-state index in [2.05, 4.69) is 5.32 Å². The molecule has 0 bridgehead atoms. The number of ether oxygens (including phenoxy) is 2. The van der Waals surface area contributed by atoms with Crippen LogP contribution in [0.5, 0.6) is 11.5 Å². The van der Waals surface area contributed by atoms with Crippen LogP contribution in [0.2, 0.25) is 0 Å². The highest BCUT2D eigenvalue weighted by Crippen LogP contribution is 2.28. The average Bonchev–Trinajstić information content (AvgIpc) is 3.20. The lowest BCUT2D eigenvalue weighted by Crippen LogP contribution is -2.21. The number of carboxylic acid groups (broad SMARTS) is 1. The maximum atomic E-state index is 12.5. The molecule has 1 aliphatic heterocycles. The smallest absolute Gasteiger partial charge is 0.341 e. The monoisotopic (exact) mass is 465 g/mol. The van der Waals surface area contributed by atoms with Crippen molar-refractivity contribution in [1.29, 1.82) is 0 Å². The predicted octanol–water partition coefficient (Wildman–Crippen LogP) is 2.94. The van der Waals surface area contributed by atoms with Gasteiger partial charge in [0.25, 0.3) is 0 Å². The molecule has 0 unspecified atom stereocenters. The average molecular weight is 466 g/mol. The molecule has 9 heteroatoms. The van der Waals surface area contributed by atoms with E-state index in [1.54, 1.807) is 36.0 Å². The third kappa shape index (κ3) is 6.88. The summed E-state index contributed by atoms with van der Waals surface area (Å²) >= 11 is 1.68. The molecule has 168 valence electrons. The number of carboxylic acids is 1. The highest BCUT2D eigenvalue weighted by atomic mass is 32.2. The zero-order chi connectivity index (χ0) is 22.3. The van der Waals surface area contributed by atoms with Gasteiger partial charge in [0, 0.05) is 23.6 Å². The Labute approximate surface area is 187 Å². The molecule has 0 radical (unpaired) electrons. The van der Waals surface area contributed by atoms with Gasteiger partial charge in [0.1, 0.15) is 11.5 Å². The van der Waals surface area contributed by atoms with Crippen LogP contribution in [0, 0.1) is 6.92 Å². The molecule has 2 aromatic rings. The number of carbonyl (C=O) groups is 1. The number of aryl methyl sites for hydroxylation is 1. The number of rotatable bonds is 12. The number of fused-ring (bicyclic) bond motifs is 1. The summed E-state index contributed by atoms with van der Waals surface area (Å²) < 4.78 is 35.7. The van der Waals surface area contributed by atoms with Gasteiger partial charge >= 0.3 is 5.97 Å². The Hall–Kier alpha value is -2.23. The summed E-state index contributed by atoms with van der Waals surface area (Å²) in [5, 5.41) is 12.0. The second kappa shape index (κ2) is 10.9. The maximum absolute atomic E-state index is 12.5. The summed E-state index contributed by atoms with van der Waals surface area (Å²) in [4.78, 5) is 12.0. The number of hydrogen-bond acceptors (Lipinski definition) is 7. The fourth-order valence-electron chi connectivity index (χ4n) is 3.24. The lowest BCUT2D eigenvalue weighted by atomic mass is 10.2. The van der Waals surface area contributed by atoms with E-state index in [1.165, 1.54) is 0 Å². The molecule has 3 rings (SSSR count). The van der Waals surface area contributed by atoms with Crippen molar-refractivity contribution >= 4 is 27.6 Å². The van der Waals surface area contributed by atoms with Crippen LogP contribution in [0.3, 0.4) is 0 Å². The van der Waals surface area contributed by atoms with Gasteiger partial charge in [-0.3, -0.25) is 0 Å². The maximum Gasteiger partial charge on any atom is 0.341 e. The molecular weight excluding hydrogens is 438 g/mol. The fourth-order valence-corrected chi connectivity index (χ4v) is 5.50.